The molecular weight excluding hydrogens is 272 g/mol. The number of hydrogen-bond acceptors (Lipinski definition) is 3. The molecule has 4 nitrogen and oxygen atoms in total. The zero-order valence-corrected chi connectivity index (χ0v) is 13.3. The van der Waals surface area contributed by atoms with Gasteiger partial charge in [0, 0.05) is 11.6 Å². The first kappa shape index (κ1) is 14.9. The first-order valence-electron chi connectivity index (χ1n) is 6.62. The molecule has 0 amide bonds. The van der Waals surface area contributed by atoms with Gasteiger partial charge in [-0.05, 0) is 51.8 Å². The van der Waals surface area contributed by atoms with Gasteiger partial charge in [-0.1, -0.05) is 17.3 Å². The zero-order valence-electron chi connectivity index (χ0n) is 12.5. The van der Waals surface area contributed by atoms with Crippen LogP contribution in [0.1, 0.15) is 30.9 Å². The molecule has 20 heavy (non-hydrogen) atoms. The van der Waals surface area contributed by atoms with Crippen LogP contribution in [0.15, 0.2) is 27.6 Å². The molecule has 2 rings (SSSR count). The van der Waals surface area contributed by atoms with E-state index in [9.17, 15) is 4.21 Å². The van der Waals surface area contributed by atoms with E-state index in [0.29, 0.717) is 0 Å². The van der Waals surface area contributed by atoms with Gasteiger partial charge >= 0.3 is 0 Å². The normalized spacial score (nSPS) is 12.9. The Bertz CT molecular complexity index is 628. The Kier molecular flexibility index (Phi) is 4.40. The van der Waals surface area contributed by atoms with Gasteiger partial charge in [-0.15, -0.1) is 0 Å². The van der Waals surface area contributed by atoms with E-state index in [1.807, 2.05) is 52.8 Å². The van der Waals surface area contributed by atoms with Crippen LogP contribution in [-0.4, -0.2) is 15.4 Å². The summed E-state index contributed by atoms with van der Waals surface area (Å²) in [5.41, 5.74) is 3.82. The Morgan fingerprint density at radius 3 is 2.50 bits per heavy atom. The fourth-order valence-corrected chi connectivity index (χ4v) is 3.28. The van der Waals surface area contributed by atoms with Crippen LogP contribution in [-0.2, 0) is 11.0 Å². The van der Waals surface area contributed by atoms with Crippen LogP contribution in [0.4, 0.5) is 0 Å². The van der Waals surface area contributed by atoms with E-state index >= 15 is 0 Å². The van der Waals surface area contributed by atoms with Crippen LogP contribution in [0.3, 0.4) is 0 Å². The van der Waals surface area contributed by atoms with Crippen LogP contribution < -0.4 is 4.72 Å². The smallest absolute Gasteiger partial charge is 0.141 e. The van der Waals surface area contributed by atoms with Crippen molar-refractivity contribution in [3.63, 3.8) is 0 Å². The molecule has 0 saturated carbocycles. The quantitative estimate of drug-likeness (QED) is 0.940. The van der Waals surface area contributed by atoms with Crippen molar-refractivity contribution in [2.75, 3.05) is 0 Å². The summed E-state index contributed by atoms with van der Waals surface area (Å²) in [4.78, 5) is 0.802. The Balaban J connectivity index is 2.46. The van der Waals surface area contributed by atoms with E-state index in [4.69, 9.17) is 4.52 Å². The van der Waals surface area contributed by atoms with E-state index in [-0.39, 0.29) is 6.04 Å². The van der Waals surface area contributed by atoms with Crippen molar-refractivity contribution >= 4 is 11.0 Å². The molecule has 1 aromatic heterocycles. The molecule has 1 aromatic carbocycles. The lowest BCUT2D eigenvalue weighted by atomic mass is 10.0. The van der Waals surface area contributed by atoms with Crippen molar-refractivity contribution in [3.8, 4) is 11.1 Å². The second-order valence-corrected chi connectivity index (χ2v) is 6.43. The summed E-state index contributed by atoms with van der Waals surface area (Å²) in [6, 6.07) is 6.11. The number of hydrogen-bond donors (Lipinski definition) is 1. The lowest BCUT2D eigenvalue weighted by Gasteiger charge is -2.11. The van der Waals surface area contributed by atoms with Crippen molar-refractivity contribution in [2.24, 2.45) is 0 Å². The third-order valence-electron chi connectivity index (χ3n) is 3.05. The van der Waals surface area contributed by atoms with Gasteiger partial charge in [0.05, 0.1) is 10.6 Å². The largest absolute Gasteiger partial charge is 0.361 e. The monoisotopic (exact) mass is 292 g/mol. The first-order chi connectivity index (χ1) is 9.40. The van der Waals surface area contributed by atoms with Gasteiger partial charge in [0.1, 0.15) is 16.7 Å². The SMILES string of the molecule is Cc1ccc(-c2c(C)noc2C)cc1S(=O)NC(C)C. The highest BCUT2D eigenvalue weighted by Gasteiger charge is 2.15. The van der Waals surface area contributed by atoms with Gasteiger partial charge in [0.2, 0.25) is 0 Å². The molecule has 1 N–H and O–H groups in total. The van der Waals surface area contributed by atoms with Crippen LogP contribution >= 0.6 is 0 Å². The maximum absolute atomic E-state index is 12.3. The molecule has 0 aliphatic carbocycles. The molecular formula is C15H20N2O2S. The summed E-state index contributed by atoms with van der Waals surface area (Å²) in [6.07, 6.45) is 0. The van der Waals surface area contributed by atoms with Crippen LogP contribution in [0.25, 0.3) is 11.1 Å². The number of aryl methyl sites for hydroxylation is 3. The maximum Gasteiger partial charge on any atom is 0.141 e. The number of rotatable bonds is 4. The predicted octanol–water partition coefficient (Wildman–Crippen LogP) is 3.29. The Labute approximate surface area is 122 Å². The molecule has 5 heteroatoms. The van der Waals surface area contributed by atoms with E-state index < -0.39 is 11.0 Å². The number of nitrogens with zero attached hydrogens (tertiary/aromatic N) is 1. The highest BCUT2D eigenvalue weighted by molar-refractivity contribution is 7.83. The van der Waals surface area contributed by atoms with E-state index in [1.54, 1.807) is 0 Å². The lowest BCUT2D eigenvalue weighted by molar-refractivity contribution is 0.393. The molecule has 0 fully saturated rings. The minimum atomic E-state index is -1.21. The van der Waals surface area contributed by atoms with Gasteiger partial charge in [-0.25, -0.2) is 8.93 Å². The van der Waals surface area contributed by atoms with Gasteiger partial charge in [-0.3, -0.25) is 0 Å². The molecule has 0 spiro atoms. The van der Waals surface area contributed by atoms with Crippen LogP contribution in [0, 0.1) is 20.8 Å². The van der Waals surface area contributed by atoms with Crippen molar-refractivity contribution in [2.45, 2.75) is 45.6 Å². The van der Waals surface area contributed by atoms with Crippen molar-refractivity contribution in [1.82, 2.24) is 9.88 Å². The van der Waals surface area contributed by atoms with E-state index in [2.05, 4.69) is 9.88 Å². The minimum absolute atomic E-state index is 0.165. The molecule has 0 aliphatic heterocycles. The maximum atomic E-state index is 12.3. The van der Waals surface area contributed by atoms with Gasteiger partial charge in [0.15, 0.2) is 0 Å². The molecule has 1 atom stereocenters. The number of aromatic nitrogens is 1. The Morgan fingerprint density at radius 1 is 1.25 bits per heavy atom. The predicted molar refractivity (Wildman–Crippen MR) is 80.8 cm³/mol. The molecule has 0 aliphatic rings. The first-order valence-corrected chi connectivity index (χ1v) is 7.77. The highest BCUT2D eigenvalue weighted by atomic mass is 32.2. The lowest BCUT2D eigenvalue weighted by Crippen LogP contribution is -2.25. The summed E-state index contributed by atoms with van der Waals surface area (Å²) in [6.45, 7) is 9.72. The van der Waals surface area contributed by atoms with Crippen molar-refractivity contribution in [1.29, 1.82) is 0 Å². The topological polar surface area (TPSA) is 55.1 Å². The van der Waals surface area contributed by atoms with Crippen LogP contribution in [0.2, 0.25) is 0 Å². The second kappa shape index (κ2) is 5.89. The molecule has 0 radical (unpaired) electrons. The fraction of sp³-hybridized carbons (Fsp3) is 0.400. The summed E-state index contributed by atoms with van der Waals surface area (Å²) in [7, 11) is -1.21. The zero-order chi connectivity index (χ0) is 14.9. The van der Waals surface area contributed by atoms with E-state index in [1.165, 1.54) is 0 Å². The standard InChI is InChI=1S/C15H20N2O2S/c1-9(2)17-20(18)14-8-13(7-6-10(14)3)15-11(4)16-19-12(15)5/h6-9,17H,1-5H3. The van der Waals surface area contributed by atoms with Gasteiger partial charge in [0.25, 0.3) is 0 Å². The average molecular weight is 292 g/mol. The third-order valence-corrected chi connectivity index (χ3v) is 4.58. The summed E-state index contributed by atoms with van der Waals surface area (Å²) < 4.78 is 20.6. The summed E-state index contributed by atoms with van der Waals surface area (Å²) >= 11 is 0. The van der Waals surface area contributed by atoms with E-state index in [0.717, 1.165) is 33.0 Å². The van der Waals surface area contributed by atoms with Crippen molar-refractivity contribution < 1.29 is 8.73 Å². The summed E-state index contributed by atoms with van der Waals surface area (Å²) in [5.74, 6) is 0.778. The molecule has 1 heterocycles. The van der Waals surface area contributed by atoms with Gasteiger partial charge < -0.3 is 4.52 Å². The molecule has 0 bridgehead atoms. The Hall–Kier alpha value is -1.46. The highest BCUT2D eigenvalue weighted by Crippen LogP contribution is 2.29. The number of benzene rings is 1. The average Bonchev–Trinajstić information content (AvgIpc) is 2.69. The fourth-order valence-electron chi connectivity index (χ4n) is 2.13. The summed E-state index contributed by atoms with van der Waals surface area (Å²) in [5, 5.41) is 3.97. The Morgan fingerprint density at radius 2 is 1.95 bits per heavy atom. The molecule has 108 valence electrons. The molecule has 1 unspecified atom stereocenters. The van der Waals surface area contributed by atoms with Crippen LogP contribution in [0.5, 0.6) is 0 Å². The van der Waals surface area contributed by atoms with Crippen molar-refractivity contribution in [3.05, 3.63) is 35.2 Å². The molecule has 0 saturated heterocycles. The number of nitrogens with one attached hydrogen (secondary N) is 1. The second-order valence-electron chi connectivity index (χ2n) is 5.22. The minimum Gasteiger partial charge on any atom is -0.361 e. The van der Waals surface area contributed by atoms with Gasteiger partial charge in [-0.2, -0.15) is 0 Å². The third kappa shape index (κ3) is 2.99. The molecule has 2 aromatic rings.